The Labute approximate surface area is 153 Å². The lowest BCUT2D eigenvalue weighted by Crippen LogP contribution is -2.26. The highest BCUT2D eigenvalue weighted by molar-refractivity contribution is 6.11. The average Bonchev–Trinajstić information content (AvgIpc) is 2.61. The van der Waals surface area contributed by atoms with Crippen molar-refractivity contribution in [1.29, 1.82) is 0 Å². The lowest BCUT2D eigenvalue weighted by Gasteiger charge is -2.12. The number of nitrogens with one attached hydrogen (secondary N) is 1. The molecule has 0 fully saturated rings. The minimum absolute atomic E-state index is 0. The number of hydrogen-bond donors (Lipinski definition) is 3. The number of phenols is 1. The molecule has 0 spiro atoms. The Morgan fingerprint density at radius 2 is 1.76 bits per heavy atom. The molecular weight excluding hydrogens is 336 g/mol. The summed E-state index contributed by atoms with van der Waals surface area (Å²) >= 11 is 0. The summed E-state index contributed by atoms with van der Waals surface area (Å²) in [5.41, 5.74) is 8.02. The molecule has 0 aliphatic rings. The number of halogens is 1. The third kappa shape index (κ3) is 4.10. The zero-order valence-electron chi connectivity index (χ0n) is 13.7. The van der Waals surface area contributed by atoms with Crippen LogP contribution in [0, 0.1) is 0 Å². The summed E-state index contributed by atoms with van der Waals surface area (Å²) in [6, 6.07) is 18.7. The average molecular weight is 357 g/mol. The molecule has 3 rings (SSSR count). The van der Waals surface area contributed by atoms with Crippen LogP contribution in [0.2, 0.25) is 0 Å². The second-order valence-electron chi connectivity index (χ2n) is 5.65. The van der Waals surface area contributed by atoms with Crippen LogP contribution in [0.15, 0.2) is 60.7 Å². The van der Waals surface area contributed by atoms with E-state index in [4.69, 9.17) is 5.73 Å². The van der Waals surface area contributed by atoms with Crippen molar-refractivity contribution in [2.75, 3.05) is 13.1 Å². The fourth-order valence-electron chi connectivity index (χ4n) is 2.82. The number of rotatable bonds is 5. The molecule has 5 heteroatoms. The monoisotopic (exact) mass is 356 g/mol. The molecule has 0 unspecified atom stereocenters. The van der Waals surface area contributed by atoms with E-state index >= 15 is 0 Å². The molecule has 0 saturated heterocycles. The van der Waals surface area contributed by atoms with Crippen LogP contribution in [0.25, 0.3) is 21.9 Å². The smallest absolute Gasteiger partial charge is 0.251 e. The van der Waals surface area contributed by atoms with E-state index in [2.05, 4.69) is 5.32 Å². The van der Waals surface area contributed by atoms with E-state index < -0.39 is 0 Å². The van der Waals surface area contributed by atoms with Crippen LogP contribution in [0.3, 0.4) is 0 Å². The molecule has 0 heterocycles. The summed E-state index contributed by atoms with van der Waals surface area (Å²) in [4.78, 5) is 12.4. The van der Waals surface area contributed by atoms with Crippen molar-refractivity contribution in [2.45, 2.75) is 6.42 Å². The second-order valence-corrected chi connectivity index (χ2v) is 5.65. The van der Waals surface area contributed by atoms with Gasteiger partial charge in [-0.05, 0) is 53.1 Å². The van der Waals surface area contributed by atoms with Gasteiger partial charge in [-0.15, -0.1) is 12.4 Å². The van der Waals surface area contributed by atoms with Crippen LogP contribution in [0.1, 0.15) is 16.8 Å². The Bertz CT molecular complexity index is 880. The first-order valence-corrected chi connectivity index (χ1v) is 8.00. The number of phenolic OH excluding ortho intramolecular Hbond substituents is 1. The van der Waals surface area contributed by atoms with Crippen LogP contribution >= 0.6 is 12.4 Å². The van der Waals surface area contributed by atoms with Crippen molar-refractivity contribution in [3.05, 3.63) is 66.2 Å². The number of benzene rings is 3. The third-order valence-corrected chi connectivity index (χ3v) is 3.99. The summed E-state index contributed by atoms with van der Waals surface area (Å²) in [5, 5.41) is 14.5. The zero-order chi connectivity index (χ0) is 16.9. The molecule has 0 atom stereocenters. The number of fused-ring (bicyclic) bond motifs is 1. The maximum atomic E-state index is 12.4. The van der Waals surface area contributed by atoms with Gasteiger partial charge in [0.15, 0.2) is 0 Å². The summed E-state index contributed by atoms with van der Waals surface area (Å²) < 4.78 is 0. The zero-order valence-corrected chi connectivity index (χ0v) is 14.6. The van der Waals surface area contributed by atoms with Crippen LogP contribution in [0.4, 0.5) is 0 Å². The molecule has 0 saturated carbocycles. The Morgan fingerprint density at radius 1 is 1.00 bits per heavy atom. The van der Waals surface area contributed by atoms with Crippen molar-refractivity contribution in [2.24, 2.45) is 5.73 Å². The Kier molecular flexibility index (Phi) is 6.39. The highest BCUT2D eigenvalue weighted by Gasteiger charge is 2.13. The van der Waals surface area contributed by atoms with E-state index in [1.807, 2.05) is 48.5 Å². The maximum absolute atomic E-state index is 12.4. The van der Waals surface area contributed by atoms with Gasteiger partial charge < -0.3 is 16.2 Å². The number of hydrogen-bond acceptors (Lipinski definition) is 3. The summed E-state index contributed by atoms with van der Waals surface area (Å²) in [7, 11) is 0. The van der Waals surface area contributed by atoms with Gasteiger partial charge in [0.05, 0.1) is 0 Å². The molecule has 25 heavy (non-hydrogen) atoms. The molecule has 0 aliphatic carbocycles. The van der Waals surface area contributed by atoms with E-state index in [-0.39, 0.29) is 24.1 Å². The Hall–Kier alpha value is -2.56. The van der Waals surface area contributed by atoms with Crippen LogP contribution < -0.4 is 11.1 Å². The fourth-order valence-corrected chi connectivity index (χ4v) is 2.82. The van der Waals surface area contributed by atoms with Crippen LogP contribution in [-0.2, 0) is 0 Å². The number of carbonyl (C=O) groups excluding carboxylic acids is 1. The normalized spacial score (nSPS) is 10.3. The van der Waals surface area contributed by atoms with Crippen LogP contribution in [-0.4, -0.2) is 24.1 Å². The van der Waals surface area contributed by atoms with Crippen molar-refractivity contribution in [3.63, 3.8) is 0 Å². The molecular formula is C20H21ClN2O2. The minimum atomic E-state index is -0.0953. The molecule has 1 amide bonds. The quantitative estimate of drug-likeness (QED) is 0.610. The molecule has 0 aromatic heterocycles. The summed E-state index contributed by atoms with van der Waals surface area (Å²) in [5.74, 6) is 0.127. The lowest BCUT2D eigenvalue weighted by molar-refractivity contribution is 0.0955. The van der Waals surface area contributed by atoms with Gasteiger partial charge >= 0.3 is 0 Å². The van der Waals surface area contributed by atoms with Gasteiger partial charge in [-0.2, -0.15) is 0 Å². The SMILES string of the molecule is Cl.NCCCNC(=O)c1ccc(-c2cccc(O)c2)c2ccccc12. The van der Waals surface area contributed by atoms with Crippen molar-refractivity contribution in [3.8, 4) is 16.9 Å². The predicted molar refractivity (Wildman–Crippen MR) is 104 cm³/mol. The molecule has 130 valence electrons. The molecule has 3 aromatic rings. The van der Waals surface area contributed by atoms with Gasteiger partial charge in [0.25, 0.3) is 5.91 Å². The van der Waals surface area contributed by atoms with Crippen molar-refractivity contribution >= 4 is 29.1 Å². The molecule has 4 N–H and O–H groups in total. The van der Waals surface area contributed by atoms with E-state index in [0.717, 1.165) is 28.3 Å². The lowest BCUT2D eigenvalue weighted by atomic mass is 9.94. The first kappa shape index (κ1) is 18.8. The van der Waals surface area contributed by atoms with Gasteiger partial charge in [-0.3, -0.25) is 4.79 Å². The van der Waals surface area contributed by atoms with E-state index in [0.29, 0.717) is 18.7 Å². The number of amides is 1. The Morgan fingerprint density at radius 3 is 2.48 bits per heavy atom. The van der Waals surface area contributed by atoms with Crippen molar-refractivity contribution in [1.82, 2.24) is 5.32 Å². The van der Waals surface area contributed by atoms with E-state index in [1.54, 1.807) is 12.1 Å². The summed E-state index contributed by atoms with van der Waals surface area (Å²) in [6.45, 7) is 1.12. The maximum Gasteiger partial charge on any atom is 0.251 e. The standard InChI is InChI=1S/C20H20N2O2.ClH/c21-11-4-12-22-20(24)19-10-9-16(14-5-3-6-15(23)13-14)17-7-1-2-8-18(17)19;/h1-3,5-10,13,23H,4,11-12,21H2,(H,22,24);1H. The van der Waals surface area contributed by atoms with Gasteiger partial charge in [-0.25, -0.2) is 0 Å². The van der Waals surface area contributed by atoms with Gasteiger partial charge in [0.1, 0.15) is 5.75 Å². The Balaban J connectivity index is 0.00000225. The topological polar surface area (TPSA) is 75.3 Å². The van der Waals surface area contributed by atoms with Gasteiger partial charge in [-0.1, -0.05) is 42.5 Å². The number of aromatic hydroxyl groups is 1. The molecule has 4 nitrogen and oxygen atoms in total. The first-order valence-electron chi connectivity index (χ1n) is 8.00. The summed E-state index contributed by atoms with van der Waals surface area (Å²) in [6.07, 6.45) is 0.755. The molecule has 0 aliphatic heterocycles. The van der Waals surface area contributed by atoms with Crippen molar-refractivity contribution < 1.29 is 9.90 Å². The third-order valence-electron chi connectivity index (χ3n) is 3.99. The fraction of sp³-hybridized carbons (Fsp3) is 0.150. The van der Waals surface area contributed by atoms with Gasteiger partial charge in [0.2, 0.25) is 0 Å². The predicted octanol–water partition coefficient (Wildman–Crippen LogP) is 3.71. The molecule has 3 aromatic carbocycles. The largest absolute Gasteiger partial charge is 0.508 e. The first-order chi connectivity index (χ1) is 11.7. The van der Waals surface area contributed by atoms with E-state index in [1.165, 1.54) is 0 Å². The molecule has 0 bridgehead atoms. The second kappa shape index (κ2) is 8.51. The highest BCUT2D eigenvalue weighted by Crippen LogP contribution is 2.32. The van der Waals surface area contributed by atoms with E-state index in [9.17, 15) is 9.90 Å². The number of carbonyl (C=O) groups is 1. The number of nitrogens with two attached hydrogens (primary N) is 1. The minimum Gasteiger partial charge on any atom is -0.508 e. The van der Waals surface area contributed by atoms with Gasteiger partial charge in [0, 0.05) is 12.1 Å². The van der Waals surface area contributed by atoms with Crippen LogP contribution in [0.5, 0.6) is 5.75 Å². The molecule has 0 radical (unpaired) electrons. The highest BCUT2D eigenvalue weighted by atomic mass is 35.5.